The van der Waals surface area contributed by atoms with E-state index in [1.807, 2.05) is 19.3 Å². The Balaban J connectivity index is 1.92. The van der Waals surface area contributed by atoms with E-state index in [1.54, 1.807) is 12.4 Å². The largest absolute Gasteiger partial charge is 0.381 e. The van der Waals surface area contributed by atoms with Crippen LogP contribution in [-0.2, 0) is 11.3 Å². The maximum Gasteiger partial charge on any atom is 0.195 e. The lowest BCUT2D eigenvalue weighted by molar-refractivity contribution is 0.0612. The molecule has 1 saturated heterocycles. The average Bonchev–Trinajstić information content (AvgIpc) is 2.53. The second-order valence-electron chi connectivity index (χ2n) is 5.66. The van der Waals surface area contributed by atoms with E-state index in [1.165, 1.54) is 0 Å². The third kappa shape index (κ3) is 3.44. The molecule has 0 spiro atoms. The van der Waals surface area contributed by atoms with Gasteiger partial charge in [-0.3, -0.25) is 4.79 Å². The molecular weight excluding hydrogens is 346 g/mol. The minimum absolute atomic E-state index is 0.00875. The van der Waals surface area contributed by atoms with Crippen LogP contribution in [0.1, 0.15) is 18.4 Å². The van der Waals surface area contributed by atoms with Gasteiger partial charge in [0.15, 0.2) is 11.3 Å². The number of halogens is 1. The Bertz CT molecular complexity index is 706. The first-order valence-corrected chi connectivity index (χ1v) is 8.19. The third-order valence-electron chi connectivity index (χ3n) is 3.93. The maximum absolute atomic E-state index is 12.4. The van der Waals surface area contributed by atoms with Crippen LogP contribution in [0.5, 0.6) is 0 Å². The van der Waals surface area contributed by atoms with Crippen molar-refractivity contribution in [3.05, 3.63) is 45.0 Å². The van der Waals surface area contributed by atoms with E-state index >= 15 is 0 Å². The first-order chi connectivity index (χ1) is 10.6. The van der Waals surface area contributed by atoms with Crippen LogP contribution in [0.4, 0.5) is 0 Å². The molecule has 1 fully saturated rings. The second kappa shape index (κ2) is 6.71. The van der Waals surface area contributed by atoms with E-state index in [0.717, 1.165) is 42.6 Å². The molecule has 0 aromatic carbocycles. The number of rotatable bonds is 3. The van der Waals surface area contributed by atoms with Crippen molar-refractivity contribution in [1.29, 1.82) is 0 Å². The van der Waals surface area contributed by atoms with Crippen molar-refractivity contribution in [3.63, 3.8) is 0 Å². The topological polar surface area (TPSA) is 57.0 Å². The number of aryl methyl sites for hydroxylation is 1. The van der Waals surface area contributed by atoms with E-state index in [0.29, 0.717) is 17.3 Å². The molecule has 0 bridgehead atoms. The summed E-state index contributed by atoms with van der Waals surface area (Å²) in [5.41, 5.74) is 1.26. The van der Waals surface area contributed by atoms with Gasteiger partial charge in [-0.15, -0.1) is 0 Å². The lowest BCUT2D eigenvalue weighted by Crippen LogP contribution is -2.22. The van der Waals surface area contributed by atoms with E-state index in [-0.39, 0.29) is 5.43 Å². The van der Waals surface area contributed by atoms with E-state index in [2.05, 4.69) is 30.5 Å². The van der Waals surface area contributed by atoms with E-state index in [9.17, 15) is 4.79 Å². The Labute approximate surface area is 137 Å². The minimum atomic E-state index is -0.00875. The first-order valence-electron chi connectivity index (χ1n) is 7.40. The molecule has 2 aromatic rings. The smallest absolute Gasteiger partial charge is 0.195 e. The average molecular weight is 364 g/mol. The number of ether oxygens (including phenoxy) is 1. The molecule has 0 aliphatic carbocycles. The zero-order chi connectivity index (χ0) is 15.5. The lowest BCUT2D eigenvalue weighted by Gasteiger charge is -2.23. The number of hydrogen-bond donors (Lipinski definition) is 0. The van der Waals surface area contributed by atoms with E-state index < -0.39 is 0 Å². The quantitative estimate of drug-likeness (QED) is 0.841. The third-order valence-corrected chi connectivity index (χ3v) is 4.34. The number of nitrogens with zero attached hydrogens (tertiary/aromatic N) is 3. The molecule has 2 aromatic heterocycles. The number of aromatic nitrogens is 3. The van der Waals surface area contributed by atoms with Gasteiger partial charge in [-0.2, -0.15) is 0 Å². The summed E-state index contributed by atoms with van der Waals surface area (Å²) >= 11 is 3.31. The predicted molar refractivity (Wildman–Crippen MR) is 87.7 cm³/mol. The van der Waals surface area contributed by atoms with Gasteiger partial charge in [-0.25, -0.2) is 9.97 Å². The zero-order valence-corrected chi connectivity index (χ0v) is 14.0. The summed E-state index contributed by atoms with van der Waals surface area (Å²) in [5, 5.41) is 0. The van der Waals surface area contributed by atoms with Gasteiger partial charge in [0.05, 0.1) is 10.0 Å². The fourth-order valence-corrected chi connectivity index (χ4v) is 2.93. The molecule has 5 nitrogen and oxygen atoms in total. The van der Waals surface area contributed by atoms with Gasteiger partial charge in [0, 0.05) is 50.1 Å². The molecule has 116 valence electrons. The second-order valence-corrected chi connectivity index (χ2v) is 6.58. The van der Waals surface area contributed by atoms with Gasteiger partial charge in [0.2, 0.25) is 0 Å². The molecular formula is C16H18BrN3O2. The Kier molecular flexibility index (Phi) is 4.69. The van der Waals surface area contributed by atoms with Crippen LogP contribution in [0.3, 0.4) is 0 Å². The molecule has 0 saturated carbocycles. The fraction of sp³-hybridized carbons (Fsp3) is 0.438. The van der Waals surface area contributed by atoms with Gasteiger partial charge >= 0.3 is 0 Å². The van der Waals surface area contributed by atoms with Crippen LogP contribution in [0, 0.1) is 12.8 Å². The van der Waals surface area contributed by atoms with Crippen LogP contribution in [0.2, 0.25) is 0 Å². The molecule has 3 rings (SSSR count). The highest BCUT2D eigenvalue weighted by atomic mass is 79.9. The Morgan fingerprint density at radius 2 is 1.95 bits per heavy atom. The molecule has 6 heteroatoms. The van der Waals surface area contributed by atoms with Crippen molar-refractivity contribution < 1.29 is 4.74 Å². The van der Waals surface area contributed by atoms with Crippen LogP contribution < -0.4 is 5.43 Å². The van der Waals surface area contributed by atoms with Crippen LogP contribution in [-0.4, -0.2) is 27.7 Å². The summed E-state index contributed by atoms with van der Waals surface area (Å²) in [4.78, 5) is 20.9. The van der Waals surface area contributed by atoms with Crippen LogP contribution >= 0.6 is 15.9 Å². The number of pyridine rings is 1. The van der Waals surface area contributed by atoms with Gasteiger partial charge < -0.3 is 9.30 Å². The molecule has 0 radical (unpaired) electrons. The van der Waals surface area contributed by atoms with Crippen molar-refractivity contribution in [2.45, 2.75) is 26.3 Å². The predicted octanol–water partition coefficient (Wildman–Crippen LogP) is 2.80. The summed E-state index contributed by atoms with van der Waals surface area (Å²) in [6.07, 6.45) is 9.23. The van der Waals surface area contributed by atoms with E-state index in [4.69, 9.17) is 4.74 Å². The SMILES string of the molecule is Cc1cn(CC2CCOCC2)cc(-c2ncc(Br)cn2)c1=O. The van der Waals surface area contributed by atoms with Gasteiger partial charge in [0.1, 0.15) is 0 Å². The monoisotopic (exact) mass is 363 g/mol. The molecule has 0 amide bonds. The summed E-state index contributed by atoms with van der Waals surface area (Å²) in [6.45, 7) is 4.39. The van der Waals surface area contributed by atoms with Gasteiger partial charge in [0.25, 0.3) is 0 Å². The summed E-state index contributed by atoms with van der Waals surface area (Å²) in [6, 6.07) is 0. The summed E-state index contributed by atoms with van der Waals surface area (Å²) in [5.74, 6) is 1.06. The minimum Gasteiger partial charge on any atom is -0.381 e. The van der Waals surface area contributed by atoms with Gasteiger partial charge in [-0.05, 0) is 41.6 Å². The Hall–Kier alpha value is -1.53. The Morgan fingerprint density at radius 1 is 1.27 bits per heavy atom. The zero-order valence-electron chi connectivity index (χ0n) is 12.5. The standard InChI is InChI=1S/C16H18BrN3O2/c1-11-8-20(9-12-2-4-22-5-3-12)10-14(15(11)21)16-18-6-13(17)7-19-16/h6-8,10,12H,2-5,9H2,1H3. The van der Waals surface area contributed by atoms with Crippen molar-refractivity contribution >= 4 is 15.9 Å². The molecule has 1 aliphatic heterocycles. The fourth-order valence-electron chi connectivity index (χ4n) is 2.72. The summed E-state index contributed by atoms with van der Waals surface area (Å²) < 4.78 is 8.29. The molecule has 22 heavy (non-hydrogen) atoms. The Morgan fingerprint density at radius 3 is 2.64 bits per heavy atom. The highest BCUT2D eigenvalue weighted by Gasteiger charge is 2.16. The van der Waals surface area contributed by atoms with Crippen molar-refractivity contribution in [1.82, 2.24) is 14.5 Å². The first kappa shape index (κ1) is 15.4. The van der Waals surface area contributed by atoms with Crippen LogP contribution in [0.15, 0.2) is 34.1 Å². The normalized spacial score (nSPS) is 15.9. The van der Waals surface area contributed by atoms with Gasteiger partial charge in [-0.1, -0.05) is 0 Å². The maximum atomic E-state index is 12.4. The highest BCUT2D eigenvalue weighted by Crippen LogP contribution is 2.19. The molecule has 3 heterocycles. The molecule has 0 atom stereocenters. The molecule has 0 unspecified atom stereocenters. The highest BCUT2D eigenvalue weighted by molar-refractivity contribution is 9.10. The van der Waals surface area contributed by atoms with Crippen LogP contribution in [0.25, 0.3) is 11.4 Å². The van der Waals surface area contributed by atoms with Crippen molar-refractivity contribution in [3.8, 4) is 11.4 Å². The molecule has 1 aliphatic rings. The lowest BCUT2D eigenvalue weighted by atomic mass is 10.00. The summed E-state index contributed by atoms with van der Waals surface area (Å²) in [7, 11) is 0. The molecule has 0 N–H and O–H groups in total. The number of hydrogen-bond acceptors (Lipinski definition) is 4. The van der Waals surface area contributed by atoms with Crippen molar-refractivity contribution in [2.75, 3.05) is 13.2 Å². The van der Waals surface area contributed by atoms with Crippen molar-refractivity contribution in [2.24, 2.45) is 5.92 Å².